The predicted molar refractivity (Wildman–Crippen MR) is 76.3 cm³/mol. The molecule has 0 radical (unpaired) electrons. The van der Waals surface area contributed by atoms with Crippen molar-refractivity contribution in [3.05, 3.63) is 23.8 Å². The van der Waals surface area contributed by atoms with Crippen LogP contribution >= 0.6 is 0 Å². The van der Waals surface area contributed by atoms with Crippen LogP contribution in [0.4, 0.5) is 0 Å². The molecule has 0 bridgehead atoms. The van der Waals surface area contributed by atoms with Gasteiger partial charge in [-0.25, -0.2) is 0 Å². The van der Waals surface area contributed by atoms with Gasteiger partial charge in [0, 0.05) is 0 Å². The zero-order valence-electron chi connectivity index (χ0n) is 12.2. The number of aliphatic hydroxyl groups excluding tert-OH is 1. The number of allylic oxidation sites excluding steroid dienone is 3. The predicted octanol–water partition coefficient (Wildman–Crippen LogP) is 2.53. The van der Waals surface area contributed by atoms with Gasteiger partial charge in [0.25, 0.3) is 0 Å². The van der Waals surface area contributed by atoms with Gasteiger partial charge in [0.15, 0.2) is 0 Å². The molecule has 2 aliphatic carbocycles. The second kappa shape index (κ2) is 6.10. The summed E-state index contributed by atoms with van der Waals surface area (Å²) in [5.41, 5.74) is 0.0727. The van der Waals surface area contributed by atoms with Gasteiger partial charge in [-0.3, -0.25) is 4.79 Å². The molecule has 2 rings (SSSR count). The highest BCUT2D eigenvalue weighted by atomic mass is 16.5. The Morgan fingerprint density at radius 2 is 2.25 bits per heavy atom. The Hall–Kier alpha value is -1.13. The van der Waals surface area contributed by atoms with Crippen molar-refractivity contribution in [2.24, 2.45) is 11.3 Å². The van der Waals surface area contributed by atoms with Crippen LogP contribution in [0.3, 0.4) is 0 Å². The van der Waals surface area contributed by atoms with Crippen molar-refractivity contribution in [3.63, 3.8) is 0 Å². The van der Waals surface area contributed by atoms with Crippen molar-refractivity contribution in [2.75, 3.05) is 6.61 Å². The summed E-state index contributed by atoms with van der Waals surface area (Å²) in [6, 6.07) is 0. The molecule has 0 aliphatic heterocycles. The quantitative estimate of drug-likeness (QED) is 0.830. The van der Waals surface area contributed by atoms with Gasteiger partial charge < -0.3 is 14.9 Å². The highest BCUT2D eigenvalue weighted by Gasteiger charge is 2.44. The molecular weight excluding hydrogens is 256 g/mol. The van der Waals surface area contributed by atoms with Crippen LogP contribution in [0.5, 0.6) is 0 Å². The third kappa shape index (κ3) is 2.96. The van der Waals surface area contributed by atoms with Crippen LogP contribution in [0.1, 0.15) is 39.5 Å². The van der Waals surface area contributed by atoms with Crippen LogP contribution in [0.2, 0.25) is 0 Å². The van der Waals surface area contributed by atoms with Crippen LogP contribution in [-0.2, 0) is 9.53 Å². The maximum Gasteiger partial charge on any atom is 0.316 e. The summed E-state index contributed by atoms with van der Waals surface area (Å²) in [5.74, 6) is -0.927. The molecule has 4 nitrogen and oxygen atoms in total. The molecule has 1 fully saturated rings. The highest BCUT2D eigenvalue weighted by molar-refractivity contribution is 5.79. The average molecular weight is 280 g/mol. The van der Waals surface area contributed by atoms with E-state index in [1.807, 2.05) is 26.0 Å². The van der Waals surface area contributed by atoms with Gasteiger partial charge in [-0.15, -0.1) is 0 Å². The average Bonchev–Trinajstić information content (AvgIpc) is 2.40. The van der Waals surface area contributed by atoms with Crippen LogP contribution in [0.25, 0.3) is 0 Å². The molecule has 20 heavy (non-hydrogen) atoms. The molecule has 1 saturated carbocycles. The van der Waals surface area contributed by atoms with E-state index < -0.39 is 11.4 Å². The van der Waals surface area contributed by atoms with Gasteiger partial charge in [-0.05, 0) is 38.5 Å². The first-order valence-electron chi connectivity index (χ1n) is 7.35. The first-order chi connectivity index (χ1) is 9.45. The lowest BCUT2D eigenvalue weighted by Gasteiger charge is -2.37. The van der Waals surface area contributed by atoms with E-state index in [2.05, 4.69) is 0 Å². The number of hydrogen-bond donors (Lipinski definition) is 2. The van der Waals surface area contributed by atoms with E-state index in [0.29, 0.717) is 6.42 Å². The topological polar surface area (TPSA) is 66.8 Å². The SMILES string of the molecule is CC1=CC=CC(CO[C@H]2CCC[C@@H](O)C2)(C(=O)O)C1C. The molecule has 0 saturated heterocycles. The summed E-state index contributed by atoms with van der Waals surface area (Å²) in [6.45, 7) is 4.06. The van der Waals surface area contributed by atoms with E-state index in [1.165, 1.54) is 0 Å². The minimum absolute atomic E-state index is 0.0261. The summed E-state index contributed by atoms with van der Waals surface area (Å²) in [5, 5.41) is 19.3. The fraction of sp³-hybridized carbons (Fsp3) is 0.688. The molecule has 0 heterocycles. The van der Waals surface area contributed by atoms with Crippen LogP contribution in [0, 0.1) is 11.3 Å². The molecule has 2 aliphatic rings. The Bertz CT molecular complexity index is 426. The number of ether oxygens (including phenoxy) is 1. The smallest absolute Gasteiger partial charge is 0.316 e. The number of aliphatic carboxylic acids is 1. The molecule has 0 amide bonds. The molecule has 2 N–H and O–H groups in total. The van der Waals surface area contributed by atoms with E-state index in [4.69, 9.17) is 4.74 Å². The molecule has 112 valence electrons. The number of carbonyl (C=O) groups is 1. The molecule has 4 heteroatoms. The summed E-state index contributed by atoms with van der Waals surface area (Å²) in [7, 11) is 0. The van der Waals surface area contributed by atoms with E-state index in [-0.39, 0.29) is 24.7 Å². The Kier molecular flexibility index (Phi) is 4.66. The first-order valence-corrected chi connectivity index (χ1v) is 7.35. The van der Waals surface area contributed by atoms with E-state index in [0.717, 1.165) is 24.8 Å². The van der Waals surface area contributed by atoms with E-state index in [9.17, 15) is 15.0 Å². The van der Waals surface area contributed by atoms with Crippen molar-refractivity contribution in [1.29, 1.82) is 0 Å². The standard InChI is InChI=1S/C16H24O4/c1-11-5-4-8-16(12(11)2,15(18)19)10-20-14-7-3-6-13(17)9-14/h4-5,8,12-14,17H,3,6-7,9-10H2,1-2H3,(H,18,19)/t12?,13-,14+,16?/m1/s1. The van der Waals surface area contributed by atoms with Gasteiger partial charge >= 0.3 is 5.97 Å². The van der Waals surface area contributed by atoms with Gasteiger partial charge in [0.2, 0.25) is 0 Å². The Balaban J connectivity index is 2.05. The van der Waals surface area contributed by atoms with Crippen molar-refractivity contribution in [3.8, 4) is 0 Å². The van der Waals surface area contributed by atoms with Crippen LogP contribution in [0.15, 0.2) is 23.8 Å². The minimum Gasteiger partial charge on any atom is -0.481 e. The molecule has 0 aromatic rings. The maximum absolute atomic E-state index is 11.8. The fourth-order valence-corrected chi connectivity index (χ4v) is 3.09. The molecule has 4 atom stereocenters. The van der Waals surface area contributed by atoms with Crippen LogP contribution in [-0.4, -0.2) is 35.0 Å². The van der Waals surface area contributed by atoms with Gasteiger partial charge in [-0.1, -0.05) is 30.7 Å². The number of rotatable bonds is 4. The number of carboxylic acids is 1. The number of hydrogen-bond acceptors (Lipinski definition) is 3. The Labute approximate surface area is 120 Å². The molecule has 0 aromatic heterocycles. The van der Waals surface area contributed by atoms with E-state index in [1.54, 1.807) is 6.08 Å². The number of carboxylic acid groups (broad SMARTS) is 1. The van der Waals surface area contributed by atoms with E-state index >= 15 is 0 Å². The second-order valence-electron chi connectivity index (χ2n) is 6.09. The number of aliphatic hydroxyl groups is 1. The lowest BCUT2D eigenvalue weighted by Crippen LogP contribution is -2.43. The molecule has 0 spiro atoms. The summed E-state index contributed by atoms with van der Waals surface area (Å²) in [4.78, 5) is 11.8. The lowest BCUT2D eigenvalue weighted by molar-refractivity contribution is -0.154. The zero-order valence-corrected chi connectivity index (χ0v) is 12.2. The Morgan fingerprint density at radius 3 is 2.90 bits per heavy atom. The van der Waals surface area contributed by atoms with Gasteiger partial charge in [0.05, 0.1) is 18.8 Å². The first kappa shape index (κ1) is 15.3. The molecule has 0 aromatic carbocycles. The second-order valence-corrected chi connectivity index (χ2v) is 6.09. The summed E-state index contributed by atoms with van der Waals surface area (Å²) in [6.07, 6.45) is 8.45. The highest BCUT2D eigenvalue weighted by Crippen LogP contribution is 2.39. The summed E-state index contributed by atoms with van der Waals surface area (Å²) >= 11 is 0. The summed E-state index contributed by atoms with van der Waals surface area (Å²) < 4.78 is 5.86. The zero-order chi connectivity index (χ0) is 14.8. The van der Waals surface area contributed by atoms with Gasteiger partial charge in [-0.2, -0.15) is 0 Å². The van der Waals surface area contributed by atoms with Crippen molar-refractivity contribution >= 4 is 5.97 Å². The maximum atomic E-state index is 11.8. The monoisotopic (exact) mass is 280 g/mol. The van der Waals surface area contributed by atoms with Crippen molar-refractivity contribution in [2.45, 2.75) is 51.7 Å². The molecular formula is C16H24O4. The normalized spacial score (nSPS) is 37.5. The molecule has 2 unspecified atom stereocenters. The third-order valence-electron chi connectivity index (χ3n) is 4.76. The van der Waals surface area contributed by atoms with Crippen LogP contribution < -0.4 is 0 Å². The van der Waals surface area contributed by atoms with Crippen molar-refractivity contribution < 1.29 is 19.7 Å². The fourth-order valence-electron chi connectivity index (χ4n) is 3.09. The lowest BCUT2D eigenvalue weighted by atomic mass is 9.71. The minimum atomic E-state index is -0.985. The third-order valence-corrected chi connectivity index (χ3v) is 4.76. The largest absolute Gasteiger partial charge is 0.481 e. The van der Waals surface area contributed by atoms with Gasteiger partial charge in [0.1, 0.15) is 5.41 Å². The van der Waals surface area contributed by atoms with Crippen molar-refractivity contribution in [1.82, 2.24) is 0 Å². The Morgan fingerprint density at radius 1 is 1.50 bits per heavy atom.